The number of carbonyl (C=O) groups is 1. The molecule has 0 heterocycles. The largest absolute Gasteiger partial charge is 0.478 e. The van der Waals surface area contributed by atoms with Gasteiger partial charge >= 0.3 is 5.97 Å². The highest BCUT2D eigenvalue weighted by Crippen LogP contribution is 2.48. The van der Waals surface area contributed by atoms with E-state index in [2.05, 4.69) is 0 Å². The molecule has 0 radical (unpaired) electrons. The molecule has 0 bridgehead atoms. The monoisotopic (exact) mass is 316 g/mol. The van der Waals surface area contributed by atoms with Gasteiger partial charge in [-0.05, 0) is 37.5 Å². The molecule has 22 heavy (non-hydrogen) atoms. The minimum Gasteiger partial charge on any atom is -0.478 e. The predicted octanol–water partition coefficient (Wildman–Crippen LogP) is 2.68. The molecule has 2 unspecified atom stereocenters. The van der Waals surface area contributed by atoms with E-state index in [1.807, 2.05) is 0 Å². The number of hydrogen-bond donors (Lipinski definition) is 3. The molecule has 1 aliphatic rings. The van der Waals surface area contributed by atoms with Crippen LogP contribution in [0.4, 0.5) is 8.78 Å². The zero-order chi connectivity index (χ0) is 17.3. The van der Waals surface area contributed by atoms with Gasteiger partial charge < -0.3 is 15.3 Å². The molecule has 6 heteroatoms. The predicted molar refractivity (Wildman–Crippen MR) is 78.6 cm³/mol. The standard InChI is InChI=1S/C16H22F2O4/c1-9(7-12(20)21)5-6-16(22)10(2)13(14(17)18)11(19)8-15(16,3)4/h5-7,11,14,19,22H,8H2,1-4H3,(H,20,21)/b6-5+,9-7-. The molecule has 0 fully saturated rings. The Bertz CT molecular complexity index is 546. The zero-order valence-electron chi connectivity index (χ0n) is 13.1. The van der Waals surface area contributed by atoms with E-state index < -0.39 is 35.1 Å². The minimum atomic E-state index is -2.86. The number of aliphatic carboxylic acids is 1. The Kier molecular flexibility index (Phi) is 5.30. The van der Waals surface area contributed by atoms with Crippen molar-refractivity contribution in [2.24, 2.45) is 5.41 Å². The van der Waals surface area contributed by atoms with Crippen molar-refractivity contribution in [3.63, 3.8) is 0 Å². The highest BCUT2D eigenvalue weighted by Gasteiger charge is 2.50. The van der Waals surface area contributed by atoms with Crippen molar-refractivity contribution in [2.75, 3.05) is 0 Å². The zero-order valence-corrected chi connectivity index (χ0v) is 13.1. The first-order chi connectivity index (χ1) is 9.92. The second kappa shape index (κ2) is 6.30. The maximum atomic E-state index is 13.1. The molecule has 4 nitrogen and oxygen atoms in total. The van der Waals surface area contributed by atoms with Gasteiger partial charge in [0.25, 0.3) is 6.43 Å². The summed E-state index contributed by atoms with van der Waals surface area (Å²) in [6.45, 7) is 6.24. The van der Waals surface area contributed by atoms with Crippen molar-refractivity contribution in [3.05, 3.63) is 34.9 Å². The van der Waals surface area contributed by atoms with Crippen LogP contribution < -0.4 is 0 Å². The molecule has 0 amide bonds. The van der Waals surface area contributed by atoms with Gasteiger partial charge in [-0.3, -0.25) is 0 Å². The van der Waals surface area contributed by atoms with Crippen LogP contribution in [0.3, 0.4) is 0 Å². The third kappa shape index (κ3) is 3.44. The van der Waals surface area contributed by atoms with Crippen molar-refractivity contribution in [1.29, 1.82) is 0 Å². The first-order valence-electron chi connectivity index (χ1n) is 6.92. The number of rotatable bonds is 4. The summed E-state index contributed by atoms with van der Waals surface area (Å²) in [6, 6.07) is 0. The van der Waals surface area contributed by atoms with Crippen LogP contribution in [0.15, 0.2) is 34.9 Å². The van der Waals surface area contributed by atoms with Crippen LogP contribution in [0.2, 0.25) is 0 Å². The maximum Gasteiger partial charge on any atom is 0.328 e. The first kappa shape index (κ1) is 18.5. The van der Waals surface area contributed by atoms with Crippen LogP contribution in [0.25, 0.3) is 0 Å². The van der Waals surface area contributed by atoms with E-state index in [4.69, 9.17) is 5.11 Å². The van der Waals surface area contributed by atoms with Crippen LogP contribution >= 0.6 is 0 Å². The Morgan fingerprint density at radius 3 is 2.41 bits per heavy atom. The summed E-state index contributed by atoms with van der Waals surface area (Å²) >= 11 is 0. The highest BCUT2D eigenvalue weighted by atomic mass is 19.3. The lowest BCUT2D eigenvalue weighted by atomic mass is 9.62. The van der Waals surface area contributed by atoms with E-state index in [9.17, 15) is 23.8 Å². The van der Waals surface area contributed by atoms with E-state index in [0.717, 1.165) is 6.08 Å². The Labute approximate surface area is 128 Å². The first-order valence-corrected chi connectivity index (χ1v) is 6.92. The van der Waals surface area contributed by atoms with Crippen LogP contribution in [0, 0.1) is 5.41 Å². The number of carboxylic acid groups (broad SMARTS) is 1. The molecule has 1 aliphatic carbocycles. The van der Waals surface area contributed by atoms with Crippen molar-refractivity contribution < 1.29 is 28.9 Å². The van der Waals surface area contributed by atoms with Gasteiger partial charge in [0.2, 0.25) is 0 Å². The fourth-order valence-electron chi connectivity index (χ4n) is 2.88. The lowest BCUT2D eigenvalue weighted by Gasteiger charge is -2.48. The summed E-state index contributed by atoms with van der Waals surface area (Å²) in [4.78, 5) is 10.6. The van der Waals surface area contributed by atoms with Crippen molar-refractivity contribution >= 4 is 5.97 Å². The third-order valence-corrected chi connectivity index (χ3v) is 4.27. The van der Waals surface area contributed by atoms with Crippen molar-refractivity contribution in [3.8, 4) is 0 Å². The number of allylic oxidation sites excluding steroid dienone is 2. The van der Waals surface area contributed by atoms with Crippen LogP contribution in [-0.2, 0) is 4.79 Å². The van der Waals surface area contributed by atoms with E-state index in [1.165, 1.54) is 26.0 Å². The molecule has 0 saturated heterocycles. The van der Waals surface area contributed by atoms with Gasteiger partial charge in [-0.1, -0.05) is 19.9 Å². The molecule has 3 N–H and O–H groups in total. The van der Waals surface area contributed by atoms with Gasteiger partial charge in [-0.2, -0.15) is 0 Å². The fourth-order valence-corrected chi connectivity index (χ4v) is 2.88. The second-order valence-electron chi connectivity index (χ2n) is 6.31. The van der Waals surface area contributed by atoms with E-state index >= 15 is 0 Å². The van der Waals surface area contributed by atoms with Crippen LogP contribution in [-0.4, -0.2) is 39.4 Å². The SMILES string of the molecule is CC1=C(C(F)F)C(O)CC(C)(C)C1(O)/C=C/C(C)=C\C(=O)O. The smallest absolute Gasteiger partial charge is 0.328 e. The summed E-state index contributed by atoms with van der Waals surface area (Å²) < 4.78 is 26.3. The minimum absolute atomic E-state index is 0.00521. The molecule has 0 saturated carbocycles. The summed E-state index contributed by atoms with van der Waals surface area (Å²) in [5.41, 5.74) is -2.66. The molecule has 0 spiro atoms. The molecule has 0 aromatic rings. The van der Waals surface area contributed by atoms with Gasteiger partial charge in [-0.25, -0.2) is 13.6 Å². The van der Waals surface area contributed by atoms with Crippen molar-refractivity contribution in [1.82, 2.24) is 0 Å². The number of aliphatic hydroxyl groups excluding tert-OH is 1. The summed E-state index contributed by atoms with van der Waals surface area (Å²) in [5.74, 6) is -1.13. The number of hydrogen-bond acceptors (Lipinski definition) is 3. The number of alkyl halides is 2. The molecular weight excluding hydrogens is 294 g/mol. The fraction of sp³-hybridized carbons (Fsp3) is 0.562. The Balaban J connectivity index is 3.37. The average Bonchev–Trinajstić information content (AvgIpc) is 2.32. The molecule has 0 aliphatic heterocycles. The van der Waals surface area contributed by atoms with Gasteiger partial charge in [0.15, 0.2) is 0 Å². The molecule has 124 valence electrons. The number of aliphatic hydroxyl groups is 2. The topological polar surface area (TPSA) is 77.8 Å². The molecule has 2 atom stereocenters. The lowest BCUT2D eigenvalue weighted by Crippen LogP contribution is -2.51. The second-order valence-corrected chi connectivity index (χ2v) is 6.31. The normalized spacial score (nSPS) is 29.5. The lowest BCUT2D eigenvalue weighted by molar-refractivity contribution is -0.131. The van der Waals surface area contributed by atoms with Gasteiger partial charge in [0, 0.05) is 17.1 Å². The molecule has 1 rings (SSSR count). The van der Waals surface area contributed by atoms with Crippen LogP contribution in [0.1, 0.15) is 34.1 Å². The van der Waals surface area contributed by atoms with E-state index in [-0.39, 0.29) is 12.0 Å². The maximum absolute atomic E-state index is 13.1. The highest BCUT2D eigenvalue weighted by molar-refractivity contribution is 5.81. The third-order valence-electron chi connectivity index (χ3n) is 4.27. The van der Waals surface area contributed by atoms with Crippen LogP contribution in [0.5, 0.6) is 0 Å². The molecule has 0 aromatic carbocycles. The summed E-state index contributed by atoms with van der Waals surface area (Å²) in [7, 11) is 0. The van der Waals surface area contributed by atoms with E-state index in [1.54, 1.807) is 13.8 Å². The van der Waals surface area contributed by atoms with Gasteiger partial charge in [0.1, 0.15) is 5.60 Å². The quantitative estimate of drug-likeness (QED) is 0.423. The molecular formula is C16H22F2O4. The Morgan fingerprint density at radius 2 is 1.95 bits per heavy atom. The average molecular weight is 316 g/mol. The van der Waals surface area contributed by atoms with E-state index in [0.29, 0.717) is 5.57 Å². The van der Waals surface area contributed by atoms with Gasteiger partial charge in [0.05, 0.1) is 6.10 Å². The van der Waals surface area contributed by atoms with Crippen molar-refractivity contribution in [2.45, 2.75) is 52.2 Å². The number of halogens is 2. The Morgan fingerprint density at radius 1 is 1.41 bits per heavy atom. The summed E-state index contributed by atoms with van der Waals surface area (Å²) in [6.07, 6.45) is -0.517. The Hall–Kier alpha value is -1.53. The summed E-state index contributed by atoms with van der Waals surface area (Å²) in [5, 5.41) is 29.5. The molecule has 0 aromatic heterocycles. The number of carboxylic acids is 1. The van der Waals surface area contributed by atoms with Gasteiger partial charge in [-0.15, -0.1) is 0 Å².